The zero-order valence-electron chi connectivity index (χ0n) is 16.0. The van der Waals surface area contributed by atoms with Crippen LogP contribution in [0.25, 0.3) is 33.0 Å². The lowest BCUT2D eigenvalue weighted by atomic mass is 9.99. The molecule has 0 aliphatic rings. The molecule has 0 saturated heterocycles. The van der Waals surface area contributed by atoms with Crippen molar-refractivity contribution in [2.45, 2.75) is 0 Å². The second kappa shape index (κ2) is 7.65. The fourth-order valence-corrected chi connectivity index (χ4v) is 3.72. The zero-order chi connectivity index (χ0) is 19.5. The summed E-state index contributed by atoms with van der Waals surface area (Å²) in [6.45, 7) is 0. The lowest BCUT2D eigenvalue weighted by molar-refractivity contribution is 1.55. The summed E-state index contributed by atoms with van der Waals surface area (Å²) >= 11 is 0. The Bertz CT molecular complexity index is 1270. The third kappa shape index (κ3) is 3.76. The molecular formula is C28H21N. The van der Waals surface area contributed by atoms with Gasteiger partial charge in [0.15, 0.2) is 0 Å². The first-order valence-corrected chi connectivity index (χ1v) is 9.87. The SMILES string of the molecule is c1ccc(-c2cccc(-c3cccc(Nc4ccc5ccccc5c4)c3)c2)cc1. The Morgan fingerprint density at radius 2 is 0.931 bits per heavy atom. The minimum absolute atomic E-state index is 1.09. The quantitative estimate of drug-likeness (QED) is 0.338. The second-order valence-corrected chi connectivity index (χ2v) is 7.21. The molecule has 0 unspecified atom stereocenters. The molecule has 138 valence electrons. The molecule has 0 aliphatic heterocycles. The topological polar surface area (TPSA) is 12.0 Å². The maximum Gasteiger partial charge on any atom is 0.0390 e. The van der Waals surface area contributed by atoms with Crippen LogP contribution in [0, 0.1) is 0 Å². The van der Waals surface area contributed by atoms with Crippen molar-refractivity contribution in [3.05, 3.63) is 121 Å². The fourth-order valence-electron chi connectivity index (χ4n) is 3.72. The Morgan fingerprint density at radius 1 is 0.345 bits per heavy atom. The summed E-state index contributed by atoms with van der Waals surface area (Å²) in [4.78, 5) is 0. The smallest absolute Gasteiger partial charge is 0.0390 e. The number of nitrogens with one attached hydrogen (secondary N) is 1. The minimum Gasteiger partial charge on any atom is -0.355 e. The summed E-state index contributed by atoms with van der Waals surface area (Å²) in [6.07, 6.45) is 0. The normalized spacial score (nSPS) is 10.8. The van der Waals surface area contributed by atoms with Crippen molar-refractivity contribution in [3.63, 3.8) is 0 Å². The molecule has 1 heteroatoms. The van der Waals surface area contributed by atoms with Crippen molar-refractivity contribution in [2.24, 2.45) is 0 Å². The first-order valence-electron chi connectivity index (χ1n) is 9.87. The van der Waals surface area contributed by atoms with Gasteiger partial charge in [-0.3, -0.25) is 0 Å². The van der Waals surface area contributed by atoms with Crippen LogP contribution in [-0.4, -0.2) is 0 Å². The Kier molecular flexibility index (Phi) is 4.56. The maximum absolute atomic E-state index is 3.55. The molecule has 1 nitrogen and oxygen atoms in total. The molecule has 5 aromatic carbocycles. The van der Waals surface area contributed by atoms with Crippen LogP contribution in [0.3, 0.4) is 0 Å². The van der Waals surface area contributed by atoms with Gasteiger partial charge in [-0.1, -0.05) is 91.0 Å². The van der Waals surface area contributed by atoms with Gasteiger partial charge < -0.3 is 5.32 Å². The van der Waals surface area contributed by atoms with Crippen LogP contribution < -0.4 is 5.32 Å². The third-order valence-electron chi connectivity index (χ3n) is 5.20. The summed E-state index contributed by atoms with van der Waals surface area (Å²) in [5.41, 5.74) is 7.07. The van der Waals surface area contributed by atoms with Crippen LogP contribution in [0.4, 0.5) is 11.4 Å². The van der Waals surface area contributed by atoms with Crippen LogP contribution in [0.15, 0.2) is 121 Å². The molecule has 0 radical (unpaired) electrons. The van der Waals surface area contributed by atoms with E-state index < -0.39 is 0 Å². The van der Waals surface area contributed by atoms with Crippen molar-refractivity contribution in [1.82, 2.24) is 0 Å². The molecule has 0 aliphatic carbocycles. The number of fused-ring (bicyclic) bond motifs is 1. The zero-order valence-corrected chi connectivity index (χ0v) is 16.0. The highest BCUT2D eigenvalue weighted by atomic mass is 14.9. The molecule has 0 spiro atoms. The summed E-state index contributed by atoms with van der Waals surface area (Å²) in [6, 6.07) is 42.7. The van der Waals surface area contributed by atoms with E-state index in [-0.39, 0.29) is 0 Å². The van der Waals surface area contributed by atoms with Gasteiger partial charge in [-0.05, 0) is 63.4 Å². The predicted molar refractivity (Wildman–Crippen MR) is 125 cm³/mol. The monoisotopic (exact) mass is 371 g/mol. The molecule has 0 bridgehead atoms. The fraction of sp³-hybridized carbons (Fsp3) is 0. The van der Waals surface area contributed by atoms with Crippen molar-refractivity contribution in [1.29, 1.82) is 0 Å². The van der Waals surface area contributed by atoms with Gasteiger partial charge in [0.1, 0.15) is 0 Å². The maximum atomic E-state index is 3.55. The highest BCUT2D eigenvalue weighted by Crippen LogP contribution is 2.29. The number of anilines is 2. The molecule has 5 aromatic rings. The summed E-state index contributed by atoms with van der Waals surface area (Å²) in [7, 11) is 0. The van der Waals surface area contributed by atoms with Crippen LogP contribution in [0.2, 0.25) is 0 Å². The van der Waals surface area contributed by atoms with E-state index >= 15 is 0 Å². The van der Waals surface area contributed by atoms with Gasteiger partial charge in [0, 0.05) is 11.4 Å². The largest absolute Gasteiger partial charge is 0.355 e. The molecule has 1 N–H and O–H groups in total. The van der Waals surface area contributed by atoms with Crippen LogP contribution in [0.5, 0.6) is 0 Å². The number of hydrogen-bond acceptors (Lipinski definition) is 1. The minimum atomic E-state index is 1.09. The Balaban J connectivity index is 1.45. The van der Waals surface area contributed by atoms with Crippen LogP contribution >= 0.6 is 0 Å². The van der Waals surface area contributed by atoms with E-state index in [4.69, 9.17) is 0 Å². The van der Waals surface area contributed by atoms with Gasteiger partial charge in [-0.25, -0.2) is 0 Å². The van der Waals surface area contributed by atoms with Crippen molar-refractivity contribution in [2.75, 3.05) is 5.32 Å². The molecule has 0 aromatic heterocycles. The van der Waals surface area contributed by atoms with Crippen molar-refractivity contribution < 1.29 is 0 Å². The van der Waals surface area contributed by atoms with E-state index in [1.165, 1.54) is 33.0 Å². The standard InChI is InChI=1S/C28H21N/c1-2-8-21(9-3-1)23-12-6-13-24(18-23)26-14-7-15-27(20-26)29-28-17-16-22-10-4-5-11-25(22)19-28/h1-20,29H. The highest BCUT2D eigenvalue weighted by Gasteiger charge is 2.04. The Labute approximate surface area is 171 Å². The summed E-state index contributed by atoms with van der Waals surface area (Å²) in [5.74, 6) is 0. The van der Waals surface area contributed by atoms with E-state index in [2.05, 4.69) is 127 Å². The average molecular weight is 371 g/mol. The third-order valence-corrected chi connectivity index (χ3v) is 5.20. The lowest BCUT2D eigenvalue weighted by Crippen LogP contribution is -1.91. The number of hydrogen-bond donors (Lipinski definition) is 1. The highest BCUT2D eigenvalue weighted by molar-refractivity contribution is 5.86. The molecule has 0 saturated carbocycles. The predicted octanol–water partition coefficient (Wildman–Crippen LogP) is 7.92. The molecule has 0 amide bonds. The summed E-state index contributed by atoms with van der Waals surface area (Å²) in [5, 5.41) is 6.05. The van der Waals surface area contributed by atoms with Gasteiger partial charge >= 0.3 is 0 Å². The van der Waals surface area contributed by atoms with Gasteiger partial charge in [0.05, 0.1) is 0 Å². The Morgan fingerprint density at radius 3 is 1.76 bits per heavy atom. The van der Waals surface area contributed by atoms with E-state index in [0.717, 1.165) is 11.4 Å². The molecule has 0 heterocycles. The Hall–Kier alpha value is -3.84. The van der Waals surface area contributed by atoms with Gasteiger partial charge in [0.25, 0.3) is 0 Å². The molecule has 5 rings (SSSR count). The first-order chi connectivity index (χ1) is 14.3. The van der Waals surface area contributed by atoms with Gasteiger partial charge in [-0.15, -0.1) is 0 Å². The van der Waals surface area contributed by atoms with E-state index in [0.29, 0.717) is 0 Å². The van der Waals surface area contributed by atoms with E-state index in [1.807, 2.05) is 0 Å². The summed E-state index contributed by atoms with van der Waals surface area (Å²) < 4.78 is 0. The van der Waals surface area contributed by atoms with Crippen molar-refractivity contribution in [3.8, 4) is 22.3 Å². The lowest BCUT2D eigenvalue weighted by Gasteiger charge is -2.11. The van der Waals surface area contributed by atoms with Gasteiger partial charge in [0.2, 0.25) is 0 Å². The van der Waals surface area contributed by atoms with E-state index in [1.54, 1.807) is 0 Å². The van der Waals surface area contributed by atoms with Crippen LogP contribution in [-0.2, 0) is 0 Å². The van der Waals surface area contributed by atoms with Crippen molar-refractivity contribution >= 4 is 22.1 Å². The molecular weight excluding hydrogens is 350 g/mol. The first kappa shape index (κ1) is 17.3. The van der Waals surface area contributed by atoms with E-state index in [9.17, 15) is 0 Å². The molecule has 0 atom stereocenters. The molecule has 29 heavy (non-hydrogen) atoms. The molecule has 0 fully saturated rings. The second-order valence-electron chi connectivity index (χ2n) is 7.21. The average Bonchev–Trinajstić information content (AvgIpc) is 2.80. The van der Waals surface area contributed by atoms with Gasteiger partial charge in [-0.2, -0.15) is 0 Å². The number of rotatable bonds is 4. The van der Waals surface area contributed by atoms with Crippen LogP contribution in [0.1, 0.15) is 0 Å². The number of benzene rings is 5.